The standard InChI is InChI=1S/C16H20N4O3/c1-11-19-14(10-23-11)16(21)20-6-7-22-13(9-20)3-2-12-4-5-18-15(17)8-12/h4-5,8,10,13H,2-3,6-7,9H2,1H3,(H2,17,18)/t13-/m1/s1. The topological polar surface area (TPSA) is 94.5 Å². The number of nitrogens with two attached hydrogens (primary N) is 1. The van der Waals surface area contributed by atoms with Gasteiger partial charge in [-0.25, -0.2) is 9.97 Å². The number of aryl methyl sites for hydroxylation is 2. The van der Waals surface area contributed by atoms with E-state index in [2.05, 4.69) is 9.97 Å². The first kappa shape index (κ1) is 15.5. The molecule has 1 fully saturated rings. The molecule has 3 rings (SSSR count). The minimum atomic E-state index is -0.108. The number of nitrogens with zero attached hydrogens (tertiary/aromatic N) is 3. The summed E-state index contributed by atoms with van der Waals surface area (Å²) in [5.74, 6) is 0.905. The molecule has 0 radical (unpaired) electrons. The molecule has 1 atom stereocenters. The van der Waals surface area contributed by atoms with E-state index in [0.717, 1.165) is 18.4 Å². The predicted octanol–water partition coefficient (Wildman–Crippen LogP) is 1.43. The summed E-state index contributed by atoms with van der Waals surface area (Å²) in [5, 5.41) is 0. The van der Waals surface area contributed by atoms with Crippen molar-refractivity contribution in [1.29, 1.82) is 0 Å². The van der Waals surface area contributed by atoms with Gasteiger partial charge >= 0.3 is 0 Å². The summed E-state index contributed by atoms with van der Waals surface area (Å²) < 4.78 is 10.9. The molecule has 1 saturated heterocycles. The van der Waals surface area contributed by atoms with E-state index < -0.39 is 0 Å². The molecule has 0 aliphatic carbocycles. The van der Waals surface area contributed by atoms with Crippen LogP contribution < -0.4 is 5.73 Å². The molecule has 1 amide bonds. The molecule has 7 nitrogen and oxygen atoms in total. The fourth-order valence-corrected chi connectivity index (χ4v) is 2.68. The van der Waals surface area contributed by atoms with Crippen molar-refractivity contribution in [2.45, 2.75) is 25.9 Å². The highest BCUT2D eigenvalue weighted by molar-refractivity contribution is 5.92. The number of rotatable bonds is 4. The predicted molar refractivity (Wildman–Crippen MR) is 83.9 cm³/mol. The number of nitrogen functional groups attached to an aromatic ring is 1. The Morgan fingerprint density at radius 3 is 3.13 bits per heavy atom. The van der Waals surface area contributed by atoms with Crippen LogP contribution in [0.15, 0.2) is 29.0 Å². The molecule has 2 N–H and O–H groups in total. The van der Waals surface area contributed by atoms with Gasteiger partial charge in [-0.2, -0.15) is 0 Å². The largest absolute Gasteiger partial charge is 0.448 e. The van der Waals surface area contributed by atoms with Gasteiger partial charge in [0.2, 0.25) is 0 Å². The van der Waals surface area contributed by atoms with Gasteiger partial charge in [0.1, 0.15) is 12.1 Å². The fourth-order valence-electron chi connectivity index (χ4n) is 2.68. The Morgan fingerprint density at radius 1 is 1.52 bits per heavy atom. The molecular weight excluding hydrogens is 296 g/mol. The van der Waals surface area contributed by atoms with Crippen LogP contribution in [0.3, 0.4) is 0 Å². The van der Waals surface area contributed by atoms with Crippen LogP contribution in [0.5, 0.6) is 0 Å². The number of hydrogen-bond donors (Lipinski definition) is 1. The lowest BCUT2D eigenvalue weighted by atomic mass is 10.1. The molecular formula is C16H20N4O3. The molecule has 0 spiro atoms. The molecule has 0 bridgehead atoms. The first-order chi connectivity index (χ1) is 11.1. The van der Waals surface area contributed by atoms with Gasteiger partial charge in [0, 0.05) is 26.2 Å². The normalized spacial score (nSPS) is 18.1. The summed E-state index contributed by atoms with van der Waals surface area (Å²) >= 11 is 0. The van der Waals surface area contributed by atoms with Crippen molar-refractivity contribution in [1.82, 2.24) is 14.9 Å². The second-order valence-corrected chi connectivity index (χ2v) is 5.62. The summed E-state index contributed by atoms with van der Waals surface area (Å²) in [6.07, 6.45) is 4.78. The van der Waals surface area contributed by atoms with Crippen LogP contribution in [-0.2, 0) is 11.2 Å². The van der Waals surface area contributed by atoms with Crippen molar-refractivity contribution in [3.63, 3.8) is 0 Å². The minimum Gasteiger partial charge on any atom is -0.448 e. The number of pyridine rings is 1. The number of hydrogen-bond acceptors (Lipinski definition) is 6. The maximum absolute atomic E-state index is 12.4. The quantitative estimate of drug-likeness (QED) is 0.917. The molecule has 0 unspecified atom stereocenters. The van der Waals surface area contributed by atoms with Crippen molar-refractivity contribution >= 4 is 11.7 Å². The molecule has 1 aliphatic heterocycles. The number of morpholine rings is 1. The zero-order chi connectivity index (χ0) is 16.2. The van der Waals surface area contributed by atoms with Crippen molar-refractivity contribution in [3.8, 4) is 0 Å². The summed E-state index contributed by atoms with van der Waals surface area (Å²) in [5.41, 5.74) is 7.16. The number of aromatic nitrogens is 2. The van der Waals surface area contributed by atoms with E-state index >= 15 is 0 Å². The van der Waals surface area contributed by atoms with Gasteiger partial charge in [-0.15, -0.1) is 0 Å². The molecule has 23 heavy (non-hydrogen) atoms. The number of anilines is 1. The van der Waals surface area contributed by atoms with Gasteiger partial charge in [0.25, 0.3) is 5.91 Å². The Kier molecular flexibility index (Phi) is 4.57. The van der Waals surface area contributed by atoms with Crippen molar-refractivity contribution < 1.29 is 13.9 Å². The van der Waals surface area contributed by atoms with E-state index in [4.69, 9.17) is 14.9 Å². The third-order valence-electron chi connectivity index (χ3n) is 3.86. The summed E-state index contributed by atoms with van der Waals surface area (Å²) in [4.78, 5) is 22.2. The van der Waals surface area contributed by atoms with Gasteiger partial charge in [0.15, 0.2) is 11.6 Å². The first-order valence-electron chi connectivity index (χ1n) is 7.65. The average molecular weight is 316 g/mol. The van der Waals surface area contributed by atoms with E-state index in [1.807, 2.05) is 12.1 Å². The van der Waals surface area contributed by atoms with E-state index in [1.165, 1.54) is 6.26 Å². The van der Waals surface area contributed by atoms with E-state index in [-0.39, 0.29) is 12.0 Å². The molecule has 3 heterocycles. The van der Waals surface area contributed by atoms with E-state index in [1.54, 1.807) is 18.0 Å². The molecule has 7 heteroatoms. The Morgan fingerprint density at radius 2 is 2.39 bits per heavy atom. The highest BCUT2D eigenvalue weighted by atomic mass is 16.5. The Hall–Kier alpha value is -2.41. The average Bonchev–Trinajstić information content (AvgIpc) is 2.99. The molecule has 2 aromatic heterocycles. The zero-order valence-electron chi connectivity index (χ0n) is 13.1. The lowest BCUT2D eigenvalue weighted by Gasteiger charge is -2.32. The van der Waals surface area contributed by atoms with Crippen LogP contribution in [-0.4, -0.2) is 46.6 Å². The number of oxazole rings is 1. The van der Waals surface area contributed by atoms with Gasteiger partial charge in [-0.3, -0.25) is 4.79 Å². The van der Waals surface area contributed by atoms with Crippen LogP contribution in [0, 0.1) is 6.92 Å². The number of carbonyl (C=O) groups excluding carboxylic acids is 1. The van der Waals surface area contributed by atoms with Crippen molar-refractivity contribution in [3.05, 3.63) is 41.7 Å². The summed E-state index contributed by atoms with van der Waals surface area (Å²) in [6.45, 7) is 3.39. The van der Waals surface area contributed by atoms with Crippen LogP contribution in [0.1, 0.15) is 28.4 Å². The Balaban J connectivity index is 1.56. The molecule has 1 aliphatic rings. The maximum Gasteiger partial charge on any atom is 0.275 e. The lowest BCUT2D eigenvalue weighted by molar-refractivity contribution is -0.0247. The molecule has 0 aromatic carbocycles. The second-order valence-electron chi connectivity index (χ2n) is 5.62. The monoisotopic (exact) mass is 316 g/mol. The van der Waals surface area contributed by atoms with Crippen molar-refractivity contribution in [2.75, 3.05) is 25.4 Å². The zero-order valence-corrected chi connectivity index (χ0v) is 13.1. The van der Waals surface area contributed by atoms with E-state index in [9.17, 15) is 4.79 Å². The van der Waals surface area contributed by atoms with Gasteiger partial charge in [0.05, 0.1) is 12.7 Å². The van der Waals surface area contributed by atoms with Crippen LogP contribution in [0.4, 0.5) is 5.82 Å². The SMILES string of the molecule is Cc1nc(C(=O)N2CCO[C@H](CCc3ccnc(N)c3)C2)co1. The molecule has 122 valence electrons. The Bertz CT molecular complexity index is 685. The summed E-state index contributed by atoms with van der Waals surface area (Å²) in [6, 6.07) is 3.81. The smallest absolute Gasteiger partial charge is 0.275 e. The Labute approximate surface area is 134 Å². The third kappa shape index (κ3) is 3.87. The van der Waals surface area contributed by atoms with Gasteiger partial charge in [-0.1, -0.05) is 0 Å². The van der Waals surface area contributed by atoms with Gasteiger partial charge < -0.3 is 19.8 Å². The number of ether oxygens (including phenoxy) is 1. The highest BCUT2D eigenvalue weighted by Gasteiger charge is 2.26. The van der Waals surface area contributed by atoms with Crippen molar-refractivity contribution in [2.24, 2.45) is 0 Å². The summed E-state index contributed by atoms with van der Waals surface area (Å²) in [7, 11) is 0. The number of amides is 1. The third-order valence-corrected chi connectivity index (χ3v) is 3.86. The first-order valence-corrected chi connectivity index (χ1v) is 7.65. The van der Waals surface area contributed by atoms with Crippen LogP contribution >= 0.6 is 0 Å². The number of carbonyl (C=O) groups is 1. The lowest BCUT2D eigenvalue weighted by Crippen LogP contribution is -2.45. The highest BCUT2D eigenvalue weighted by Crippen LogP contribution is 2.15. The molecule has 2 aromatic rings. The van der Waals surface area contributed by atoms with Crippen LogP contribution in [0.2, 0.25) is 0 Å². The van der Waals surface area contributed by atoms with E-state index in [0.29, 0.717) is 37.1 Å². The molecule has 0 saturated carbocycles. The second kappa shape index (κ2) is 6.78. The van der Waals surface area contributed by atoms with Gasteiger partial charge in [-0.05, 0) is 30.5 Å². The fraction of sp³-hybridized carbons (Fsp3) is 0.438. The minimum absolute atomic E-state index is 0.00934. The van der Waals surface area contributed by atoms with Crippen LogP contribution in [0.25, 0.3) is 0 Å². The maximum atomic E-state index is 12.4.